The highest BCUT2D eigenvalue weighted by Crippen LogP contribution is 2.20. The van der Waals surface area contributed by atoms with Crippen molar-refractivity contribution >= 4 is 28.4 Å². The van der Waals surface area contributed by atoms with Crippen LogP contribution in [0.1, 0.15) is 18.4 Å². The summed E-state index contributed by atoms with van der Waals surface area (Å²) in [6.07, 6.45) is 4.76. The predicted molar refractivity (Wildman–Crippen MR) is 97.7 cm³/mol. The third kappa shape index (κ3) is 3.50. The lowest BCUT2D eigenvalue weighted by Gasteiger charge is -2.12. The van der Waals surface area contributed by atoms with Crippen LogP contribution >= 0.6 is 0 Å². The molecule has 3 heterocycles. The van der Waals surface area contributed by atoms with Gasteiger partial charge >= 0.3 is 0 Å². The standard InChI is InChI=1S/C18H20N6O2/c1-24-10-14-16(20-11-21-17(14)23-24)19-9-12-4-2-5-13(8-12)22-18(25)15-6-3-7-26-15/h2,4-5,8,10-11,15H,3,6-7,9H2,1H3,(H,22,25)(H,19,20,21,23). The molecule has 1 fully saturated rings. The van der Waals surface area contributed by atoms with Crippen LogP contribution in [0.5, 0.6) is 0 Å². The second-order valence-corrected chi connectivity index (χ2v) is 6.31. The van der Waals surface area contributed by atoms with Crippen LogP contribution in [-0.2, 0) is 23.1 Å². The first kappa shape index (κ1) is 16.5. The Hall–Kier alpha value is -3.00. The average Bonchev–Trinajstić information content (AvgIpc) is 3.29. The number of anilines is 2. The molecule has 3 aromatic rings. The number of aryl methyl sites for hydroxylation is 1. The van der Waals surface area contributed by atoms with E-state index in [9.17, 15) is 4.79 Å². The summed E-state index contributed by atoms with van der Waals surface area (Å²) in [5, 5.41) is 11.4. The van der Waals surface area contributed by atoms with Gasteiger partial charge in [0, 0.05) is 32.1 Å². The van der Waals surface area contributed by atoms with E-state index >= 15 is 0 Å². The van der Waals surface area contributed by atoms with Crippen molar-refractivity contribution in [3.8, 4) is 0 Å². The van der Waals surface area contributed by atoms with Gasteiger partial charge in [-0.2, -0.15) is 5.10 Å². The van der Waals surface area contributed by atoms with Gasteiger partial charge in [0.25, 0.3) is 5.91 Å². The van der Waals surface area contributed by atoms with Gasteiger partial charge in [0.05, 0.1) is 5.39 Å². The highest BCUT2D eigenvalue weighted by atomic mass is 16.5. The van der Waals surface area contributed by atoms with E-state index in [2.05, 4.69) is 25.7 Å². The first-order valence-electron chi connectivity index (χ1n) is 8.59. The van der Waals surface area contributed by atoms with Crippen LogP contribution in [0.25, 0.3) is 11.0 Å². The Morgan fingerprint density at radius 3 is 3.15 bits per heavy atom. The van der Waals surface area contributed by atoms with Crippen molar-refractivity contribution < 1.29 is 9.53 Å². The van der Waals surface area contributed by atoms with Crippen molar-refractivity contribution in [2.75, 3.05) is 17.2 Å². The number of carbonyl (C=O) groups is 1. The first-order chi connectivity index (χ1) is 12.7. The molecule has 1 unspecified atom stereocenters. The molecule has 0 saturated carbocycles. The number of nitrogens with one attached hydrogen (secondary N) is 2. The van der Waals surface area contributed by atoms with Gasteiger partial charge in [-0.15, -0.1) is 0 Å². The van der Waals surface area contributed by atoms with Crippen molar-refractivity contribution in [2.45, 2.75) is 25.5 Å². The predicted octanol–water partition coefficient (Wildman–Crippen LogP) is 2.09. The number of nitrogens with zero attached hydrogens (tertiary/aromatic N) is 4. The largest absolute Gasteiger partial charge is 0.368 e. The van der Waals surface area contributed by atoms with Crippen LogP contribution < -0.4 is 10.6 Å². The van der Waals surface area contributed by atoms with E-state index in [0.717, 1.165) is 35.3 Å². The molecule has 0 spiro atoms. The zero-order valence-electron chi connectivity index (χ0n) is 14.5. The number of amides is 1. The molecule has 2 N–H and O–H groups in total. The minimum absolute atomic E-state index is 0.0829. The number of carbonyl (C=O) groups excluding carboxylic acids is 1. The van der Waals surface area contributed by atoms with E-state index in [4.69, 9.17) is 4.74 Å². The summed E-state index contributed by atoms with van der Waals surface area (Å²) in [5.74, 6) is 0.650. The number of aromatic nitrogens is 4. The van der Waals surface area contributed by atoms with E-state index in [-0.39, 0.29) is 12.0 Å². The normalized spacial score (nSPS) is 16.7. The molecule has 0 aliphatic carbocycles. The smallest absolute Gasteiger partial charge is 0.253 e. The Bertz CT molecular complexity index is 932. The molecule has 1 aliphatic heterocycles. The molecule has 1 amide bonds. The summed E-state index contributed by atoms with van der Waals surface area (Å²) >= 11 is 0. The summed E-state index contributed by atoms with van der Waals surface area (Å²) in [6.45, 7) is 1.23. The first-order valence-corrected chi connectivity index (χ1v) is 8.59. The van der Waals surface area contributed by atoms with Crippen molar-refractivity contribution in [1.82, 2.24) is 19.7 Å². The molecular formula is C18H20N6O2. The van der Waals surface area contributed by atoms with Crippen LogP contribution in [-0.4, -0.2) is 38.4 Å². The third-order valence-electron chi connectivity index (χ3n) is 4.31. The minimum Gasteiger partial charge on any atom is -0.368 e. The Morgan fingerprint density at radius 1 is 1.38 bits per heavy atom. The number of benzene rings is 1. The molecule has 0 bridgehead atoms. The zero-order valence-corrected chi connectivity index (χ0v) is 14.5. The summed E-state index contributed by atoms with van der Waals surface area (Å²) < 4.78 is 7.13. The Labute approximate surface area is 150 Å². The van der Waals surface area contributed by atoms with Crippen LogP contribution in [0.3, 0.4) is 0 Å². The summed E-state index contributed by atoms with van der Waals surface area (Å²) in [6, 6.07) is 7.74. The monoisotopic (exact) mass is 352 g/mol. The fraction of sp³-hybridized carbons (Fsp3) is 0.333. The molecule has 26 heavy (non-hydrogen) atoms. The van der Waals surface area contributed by atoms with Crippen LogP contribution in [0.2, 0.25) is 0 Å². The Kier molecular flexibility index (Phi) is 4.49. The summed E-state index contributed by atoms with van der Waals surface area (Å²) in [4.78, 5) is 20.6. The van der Waals surface area contributed by atoms with E-state index in [1.54, 1.807) is 4.68 Å². The van der Waals surface area contributed by atoms with Gasteiger partial charge < -0.3 is 15.4 Å². The minimum atomic E-state index is -0.336. The number of fused-ring (bicyclic) bond motifs is 1. The molecule has 2 aromatic heterocycles. The second-order valence-electron chi connectivity index (χ2n) is 6.31. The van der Waals surface area contributed by atoms with E-state index < -0.39 is 0 Å². The van der Waals surface area contributed by atoms with Gasteiger partial charge in [0.15, 0.2) is 5.65 Å². The van der Waals surface area contributed by atoms with Crippen molar-refractivity contribution in [3.63, 3.8) is 0 Å². The second kappa shape index (κ2) is 7.09. The molecule has 1 aliphatic rings. The van der Waals surface area contributed by atoms with E-state index in [0.29, 0.717) is 18.8 Å². The molecule has 134 valence electrons. The molecular weight excluding hydrogens is 332 g/mol. The topological polar surface area (TPSA) is 94.0 Å². The number of hydrogen-bond acceptors (Lipinski definition) is 6. The fourth-order valence-corrected chi connectivity index (χ4v) is 3.04. The van der Waals surface area contributed by atoms with Gasteiger partial charge in [-0.05, 0) is 30.5 Å². The number of rotatable bonds is 5. The lowest BCUT2D eigenvalue weighted by molar-refractivity contribution is -0.124. The lowest BCUT2D eigenvalue weighted by atomic mass is 10.2. The summed E-state index contributed by atoms with van der Waals surface area (Å²) in [5.41, 5.74) is 2.45. The van der Waals surface area contributed by atoms with Crippen molar-refractivity contribution in [3.05, 3.63) is 42.4 Å². The average molecular weight is 352 g/mol. The zero-order chi connectivity index (χ0) is 17.9. The Morgan fingerprint density at radius 2 is 2.31 bits per heavy atom. The van der Waals surface area contributed by atoms with Crippen molar-refractivity contribution in [2.24, 2.45) is 7.05 Å². The van der Waals surface area contributed by atoms with Gasteiger partial charge in [0.1, 0.15) is 18.2 Å². The highest BCUT2D eigenvalue weighted by Gasteiger charge is 2.23. The fourth-order valence-electron chi connectivity index (χ4n) is 3.04. The maximum Gasteiger partial charge on any atom is 0.253 e. The van der Waals surface area contributed by atoms with E-state index in [1.165, 1.54) is 6.33 Å². The maximum atomic E-state index is 12.2. The molecule has 1 atom stereocenters. The van der Waals surface area contributed by atoms with Crippen LogP contribution in [0, 0.1) is 0 Å². The van der Waals surface area contributed by atoms with Crippen LogP contribution in [0.15, 0.2) is 36.8 Å². The molecule has 1 saturated heterocycles. The van der Waals surface area contributed by atoms with Gasteiger partial charge in [-0.1, -0.05) is 12.1 Å². The highest BCUT2D eigenvalue weighted by molar-refractivity contribution is 5.94. The molecule has 8 nitrogen and oxygen atoms in total. The van der Waals surface area contributed by atoms with Crippen molar-refractivity contribution in [1.29, 1.82) is 0 Å². The number of hydrogen-bond donors (Lipinski definition) is 2. The van der Waals surface area contributed by atoms with Gasteiger partial charge in [-0.25, -0.2) is 9.97 Å². The molecule has 8 heteroatoms. The Balaban J connectivity index is 1.44. The maximum absolute atomic E-state index is 12.2. The third-order valence-corrected chi connectivity index (χ3v) is 4.31. The molecule has 4 rings (SSSR count). The van der Waals surface area contributed by atoms with E-state index in [1.807, 2.05) is 37.5 Å². The SMILES string of the molecule is Cn1cc2c(NCc3cccc(NC(=O)C4CCCO4)c3)ncnc2n1. The molecule has 1 aromatic carbocycles. The lowest BCUT2D eigenvalue weighted by Crippen LogP contribution is -2.26. The molecule has 0 radical (unpaired) electrons. The van der Waals surface area contributed by atoms with Gasteiger partial charge in [0.2, 0.25) is 0 Å². The van der Waals surface area contributed by atoms with Crippen LogP contribution in [0.4, 0.5) is 11.5 Å². The summed E-state index contributed by atoms with van der Waals surface area (Å²) in [7, 11) is 1.85. The number of ether oxygens (including phenoxy) is 1. The van der Waals surface area contributed by atoms with Gasteiger partial charge in [-0.3, -0.25) is 9.48 Å². The quantitative estimate of drug-likeness (QED) is 0.730.